The minimum absolute atomic E-state index is 0.00845. The van der Waals surface area contributed by atoms with E-state index in [-0.39, 0.29) is 16.2 Å². The number of carbonyl (C=O) groups is 1. The van der Waals surface area contributed by atoms with Gasteiger partial charge in [-0.1, -0.05) is 24.3 Å². The van der Waals surface area contributed by atoms with Gasteiger partial charge in [-0.15, -0.1) is 0 Å². The molecule has 29 heavy (non-hydrogen) atoms. The topological polar surface area (TPSA) is 68.5 Å². The van der Waals surface area contributed by atoms with Crippen molar-refractivity contribution in [3.05, 3.63) is 57.9 Å². The molecule has 1 heterocycles. The van der Waals surface area contributed by atoms with Crippen molar-refractivity contribution < 1.29 is 13.2 Å². The largest absolute Gasteiger partial charge is 0.315 e. The molecule has 0 saturated carbocycles. The zero-order chi connectivity index (χ0) is 21.2. The molecular weight excluding hydrogens is 424 g/mol. The van der Waals surface area contributed by atoms with Gasteiger partial charge in [0.05, 0.1) is 20.9 Å². The molecule has 0 atom stereocenters. The number of benzene rings is 2. The fraction of sp³-hybridized carbons (Fsp3) is 0.333. The molecule has 0 saturated heterocycles. The molecule has 0 unspecified atom stereocenters. The normalized spacial score (nSPS) is 12.6. The molecule has 0 aliphatic rings. The first-order valence-electron chi connectivity index (χ1n) is 9.28. The van der Waals surface area contributed by atoms with Crippen molar-refractivity contribution in [1.82, 2.24) is 4.57 Å². The third-order valence-electron chi connectivity index (χ3n) is 4.83. The number of hydrogen-bond acceptors (Lipinski definition) is 5. The van der Waals surface area contributed by atoms with Crippen LogP contribution in [0.5, 0.6) is 0 Å². The number of rotatable bonds is 6. The molecule has 1 aromatic heterocycles. The Morgan fingerprint density at radius 1 is 1.17 bits per heavy atom. The maximum Gasteiger partial charge on any atom is 0.279 e. The summed E-state index contributed by atoms with van der Waals surface area (Å²) >= 11 is 3.22. The van der Waals surface area contributed by atoms with Crippen LogP contribution in [-0.4, -0.2) is 36.7 Å². The molecular formula is C21H24N2O3S3. The summed E-state index contributed by atoms with van der Waals surface area (Å²) in [5.41, 5.74) is 3.75. The zero-order valence-corrected chi connectivity index (χ0v) is 19.4. The van der Waals surface area contributed by atoms with E-state index in [1.54, 1.807) is 30.8 Å². The van der Waals surface area contributed by atoms with Crippen molar-refractivity contribution in [3.8, 4) is 0 Å². The van der Waals surface area contributed by atoms with E-state index in [1.807, 2.05) is 6.26 Å². The fourth-order valence-electron chi connectivity index (χ4n) is 2.95. The molecule has 3 rings (SSSR count). The van der Waals surface area contributed by atoms with Gasteiger partial charge in [-0.3, -0.25) is 4.79 Å². The van der Waals surface area contributed by atoms with Crippen LogP contribution >= 0.6 is 23.1 Å². The number of hydrogen-bond donors (Lipinski definition) is 0. The zero-order valence-electron chi connectivity index (χ0n) is 16.9. The summed E-state index contributed by atoms with van der Waals surface area (Å²) in [7, 11) is -3.38. The van der Waals surface area contributed by atoms with E-state index in [0.717, 1.165) is 22.5 Å². The van der Waals surface area contributed by atoms with Gasteiger partial charge in [-0.05, 0) is 61.6 Å². The molecule has 3 aromatic rings. The van der Waals surface area contributed by atoms with Crippen molar-refractivity contribution in [2.45, 2.75) is 32.2 Å². The highest BCUT2D eigenvalue weighted by Gasteiger charge is 2.15. The van der Waals surface area contributed by atoms with Crippen LogP contribution in [0.3, 0.4) is 0 Å². The van der Waals surface area contributed by atoms with Crippen molar-refractivity contribution in [3.63, 3.8) is 0 Å². The number of carbonyl (C=O) groups excluding carboxylic acids is 1. The lowest BCUT2D eigenvalue weighted by molar-refractivity contribution is 0.0997. The Morgan fingerprint density at radius 2 is 1.90 bits per heavy atom. The van der Waals surface area contributed by atoms with Crippen LogP contribution in [0.25, 0.3) is 10.2 Å². The number of thiazole rings is 1. The van der Waals surface area contributed by atoms with Crippen molar-refractivity contribution in [1.29, 1.82) is 0 Å². The van der Waals surface area contributed by atoms with Gasteiger partial charge in [0, 0.05) is 17.9 Å². The second-order valence-electron chi connectivity index (χ2n) is 6.78. The molecule has 8 heteroatoms. The monoisotopic (exact) mass is 448 g/mol. The summed E-state index contributed by atoms with van der Waals surface area (Å²) in [4.78, 5) is 18.0. The van der Waals surface area contributed by atoms with E-state index in [0.29, 0.717) is 4.80 Å². The number of aromatic nitrogens is 1. The second kappa shape index (κ2) is 8.85. The number of aryl methyl sites for hydroxylation is 3. The predicted octanol–water partition coefficient (Wildman–Crippen LogP) is 4.22. The van der Waals surface area contributed by atoms with E-state index in [4.69, 9.17) is 0 Å². The maximum absolute atomic E-state index is 12.8. The summed E-state index contributed by atoms with van der Waals surface area (Å²) in [5.74, 6) is 0.464. The van der Waals surface area contributed by atoms with Gasteiger partial charge in [-0.25, -0.2) is 8.42 Å². The van der Waals surface area contributed by atoms with Gasteiger partial charge in [0.15, 0.2) is 14.6 Å². The maximum atomic E-state index is 12.8. The highest BCUT2D eigenvalue weighted by atomic mass is 32.2. The Labute approximate surface area is 179 Å². The fourth-order valence-corrected chi connectivity index (χ4v) is 5.37. The molecule has 0 radical (unpaired) electrons. The molecule has 154 valence electrons. The van der Waals surface area contributed by atoms with Crippen LogP contribution in [0.2, 0.25) is 0 Å². The molecule has 0 N–H and O–H groups in total. The quantitative estimate of drug-likeness (QED) is 0.566. The number of amides is 1. The second-order valence-corrected chi connectivity index (χ2v) is 11.1. The molecule has 0 fully saturated rings. The van der Waals surface area contributed by atoms with Crippen LogP contribution in [0.1, 0.15) is 28.4 Å². The average molecular weight is 449 g/mol. The number of sulfone groups is 1. The smallest absolute Gasteiger partial charge is 0.279 e. The first-order valence-corrected chi connectivity index (χ1v) is 13.1. The SMILES string of the molecule is CCS(=O)(=O)c1cccc(C(=O)N=c2sc3cc(C)c(C)cc3n2CCSC)c1. The van der Waals surface area contributed by atoms with Crippen LogP contribution < -0.4 is 4.80 Å². The Hall–Kier alpha value is -1.90. The number of thioether (sulfide) groups is 1. The summed E-state index contributed by atoms with van der Waals surface area (Å²) in [6.07, 6.45) is 2.05. The highest BCUT2D eigenvalue weighted by Crippen LogP contribution is 2.22. The minimum Gasteiger partial charge on any atom is -0.315 e. The van der Waals surface area contributed by atoms with E-state index in [9.17, 15) is 13.2 Å². The Morgan fingerprint density at radius 3 is 2.59 bits per heavy atom. The van der Waals surface area contributed by atoms with Crippen LogP contribution in [-0.2, 0) is 16.4 Å². The lowest BCUT2D eigenvalue weighted by atomic mass is 10.1. The molecule has 0 aliphatic carbocycles. The van der Waals surface area contributed by atoms with Crippen molar-refractivity contribution >= 4 is 49.1 Å². The third kappa shape index (κ3) is 4.65. The number of nitrogens with zero attached hydrogens (tertiary/aromatic N) is 2. The summed E-state index contributed by atoms with van der Waals surface area (Å²) < 4.78 is 27.4. The van der Waals surface area contributed by atoms with Gasteiger partial charge in [0.1, 0.15) is 0 Å². The summed E-state index contributed by atoms with van der Waals surface area (Å²) in [5, 5.41) is 0. The minimum atomic E-state index is -3.38. The molecule has 0 aliphatic heterocycles. The Balaban J connectivity index is 2.12. The predicted molar refractivity (Wildman–Crippen MR) is 122 cm³/mol. The van der Waals surface area contributed by atoms with Crippen molar-refractivity contribution in [2.75, 3.05) is 17.8 Å². The van der Waals surface area contributed by atoms with Gasteiger partial charge in [0.2, 0.25) is 0 Å². The third-order valence-corrected chi connectivity index (χ3v) is 8.20. The molecule has 0 bridgehead atoms. The highest BCUT2D eigenvalue weighted by molar-refractivity contribution is 7.98. The molecule has 0 spiro atoms. The molecule has 2 aromatic carbocycles. The molecule has 5 nitrogen and oxygen atoms in total. The Bertz CT molecular complexity index is 1240. The first kappa shape index (κ1) is 21.8. The van der Waals surface area contributed by atoms with E-state index >= 15 is 0 Å². The lowest BCUT2D eigenvalue weighted by Gasteiger charge is -2.06. The summed E-state index contributed by atoms with van der Waals surface area (Å²) in [6.45, 7) is 6.49. The first-order chi connectivity index (χ1) is 13.8. The summed E-state index contributed by atoms with van der Waals surface area (Å²) in [6, 6.07) is 10.4. The standard InChI is InChI=1S/C21H24N2O3S3/c1-5-29(25,26)17-8-6-7-16(13-17)20(24)22-21-23(9-10-27-4)18-11-14(2)15(3)12-19(18)28-21/h6-8,11-13H,5,9-10H2,1-4H3. The van der Waals surface area contributed by atoms with Gasteiger partial charge < -0.3 is 4.57 Å². The van der Waals surface area contributed by atoms with Gasteiger partial charge >= 0.3 is 0 Å². The lowest BCUT2D eigenvalue weighted by Crippen LogP contribution is -2.18. The van der Waals surface area contributed by atoms with Crippen LogP contribution in [0.15, 0.2) is 46.3 Å². The van der Waals surface area contributed by atoms with Crippen molar-refractivity contribution in [2.24, 2.45) is 4.99 Å². The Kier molecular flexibility index (Phi) is 6.65. The van der Waals surface area contributed by atoms with E-state index < -0.39 is 15.7 Å². The van der Waals surface area contributed by atoms with E-state index in [1.165, 1.54) is 34.6 Å². The average Bonchev–Trinajstić information content (AvgIpc) is 3.02. The van der Waals surface area contributed by atoms with Gasteiger partial charge in [0.25, 0.3) is 5.91 Å². The van der Waals surface area contributed by atoms with Gasteiger partial charge in [-0.2, -0.15) is 16.8 Å². The van der Waals surface area contributed by atoms with Crippen LogP contribution in [0, 0.1) is 13.8 Å². The molecule has 1 amide bonds. The van der Waals surface area contributed by atoms with Crippen LogP contribution in [0.4, 0.5) is 0 Å². The number of fused-ring (bicyclic) bond motifs is 1. The van der Waals surface area contributed by atoms with E-state index in [2.05, 4.69) is 35.5 Å².